The molecule has 24 heavy (non-hydrogen) atoms. The number of aryl methyl sites for hydroxylation is 1. The lowest BCUT2D eigenvalue weighted by Gasteiger charge is -2.48. The predicted molar refractivity (Wildman–Crippen MR) is 89.2 cm³/mol. The molecule has 1 saturated carbocycles. The van der Waals surface area contributed by atoms with E-state index in [1.165, 1.54) is 25.7 Å². The zero-order valence-electron chi connectivity index (χ0n) is 14.7. The van der Waals surface area contributed by atoms with Crippen molar-refractivity contribution in [3.63, 3.8) is 0 Å². The summed E-state index contributed by atoms with van der Waals surface area (Å²) in [4.78, 5) is 16.9. The largest absolute Gasteiger partial charge is 0.424 e. The van der Waals surface area contributed by atoms with Gasteiger partial charge in [0.2, 0.25) is 17.7 Å². The fourth-order valence-electron chi connectivity index (χ4n) is 4.35. The third-order valence-corrected chi connectivity index (χ3v) is 5.83. The van der Waals surface area contributed by atoms with Gasteiger partial charge in [-0.05, 0) is 44.6 Å². The van der Waals surface area contributed by atoms with Gasteiger partial charge in [0.25, 0.3) is 0 Å². The Kier molecular flexibility index (Phi) is 4.33. The quantitative estimate of drug-likeness (QED) is 0.827. The van der Waals surface area contributed by atoms with Gasteiger partial charge < -0.3 is 9.32 Å². The zero-order valence-corrected chi connectivity index (χ0v) is 14.7. The van der Waals surface area contributed by atoms with Crippen LogP contribution in [0, 0.1) is 11.3 Å². The molecule has 0 radical (unpaired) electrons. The summed E-state index contributed by atoms with van der Waals surface area (Å²) >= 11 is 0. The van der Waals surface area contributed by atoms with Crippen molar-refractivity contribution in [3.05, 3.63) is 11.8 Å². The molecule has 1 aromatic heterocycles. The predicted octanol–water partition coefficient (Wildman–Crippen LogP) is 2.25. The van der Waals surface area contributed by atoms with E-state index in [1.807, 2.05) is 6.92 Å². The van der Waals surface area contributed by atoms with Gasteiger partial charge in [-0.3, -0.25) is 9.69 Å². The summed E-state index contributed by atoms with van der Waals surface area (Å²) in [5.41, 5.74) is 0.272. The van der Waals surface area contributed by atoms with E-state index in [0.717, 1.165) is 69.7 Å². The molecule has 0 N–H and O–H groups in total. The fraction of sp³-hybridized carbons (Fsp3) is 0.833. The molecule has 4 rings (SSSR count). The number of hydrogen-bond acceptors (Lipinski definition) is 5. The third kappa shape index (κ3) is 3.48. The Morgan fingerprint density at radius 3 is 2.79 bits per heavy atom. The van der Waals surface area contributed by atoms with Gasteiger partial charge in [-0.1, -0.05) is 6.92 Å². The second-order valence-electron chi connectivity index (χ2n) is 7.97. The molecule has 1 atom stereocenters. The number of hydrogen-bond donors (Lipinski definition) is 0. The van der Waals surface area contributed by atoms with Crippen molar-refractivity contribution in [1.82, 2.24) is 20.0 Å². The highest BCUT2D eigenvalue weighted by Gasteiger charge is 2.42. The monoisotopic (exact) mass is 332 g/mol. The van der Waals surface area contributed by atoms with Gasteiger partial charge >= 0.3 is 0 Å². The normalized spacial score (nSPS) is 28.7. The van der Waals surface area contributed by atoms with Crippen LogP contribution in [0.3, 0.4) is 0 Å². The van der Waals surface area contributed by atoms with Crippen molar-refractivity contribution in [2.24, 2.45) is 11.3 Å². The number of nitrogens with zero attached hydrogens (tertiary/aromatic N) is 4. The van der Waals surface area contributed by atoms with Gasteiger partial charge in [0, 0.05) is 37.9 Å². The second kappa shape index (κ2) is 6.47. The maximum Gasteiger partial charge on any atom is 0.230 e. The fourth-order valence-corrected chi connectivity index (χ4v) is 4.35. The summed E-state index contributed by atoms with van der Waals surface area (Å²) in [5, 5.41) is 8.24. The molecule has 2 aliphatic heterocycles. The van der Waals surface area contributed by atoms with Gasteiger partial charge in [-0.2, -0.15) is 0 Å². The number of aromatic nitrogens is 2. The summed E-state index contributed by atoms with van der Waals surface area (Å²) in [7, 11) is 0. The van der Waals surface area contributed by atoms with Gasteiger partial charge in [0.05, 0.1) is 6.54 Å². The molecule has 3 heterocycles. The van der Waals surface area contributed by atoms with E-state index in [2.05, 4.69) is 20.0 Å². The maximum absolute atomic E-state index is 12.3. The number of carbonyl (C=O) groups is 1. The number of carbonyl (C=O) groups excluding carboxylic acids is 1. The van der Waals surface area contributed by atoms with Crippen LogP contribution in [0.1, 0.15) is 57.2 Å². The van der Waals surface area contributed by atoms with E-state index in [-0.39, 0.29) is 5.41 Å². The lowest BCUT2D eigenvalue weighted by atomic mass is 9.73. The average molecular weight is 332 g/mol. The lowest BCUT2D eigenvalue weighted by molar-refractivity contribution is -0.139. The molecule has 6 nitrogen and oxygen atoms in total. The molecule has 3 fully saturated rings. The smallest absolute Gasteiger partial charge is 0.230 e. The Labute approximate surface area is 143 Å². The van der Waals surface area contributed by atoms with Gasteiger partial charge in [-0.15, -0.1) is 10.2 Å². The molecule has 6 heteroatoms. The van der Waals surface area contributed by atoms with Crippen molar-refractivity contribution in [1.29, 1.82) is 0 Å². The first-order valence-electron chi connectivity index (χ1n) is 9.47. The first kappa shape index (κ1) is 16.1. The van der Waals surface area contributed by atoms with Crippen molar-refractivity contribution in [2.75, 3.05) is 26.2 Å². The van der Waals surface area contributed by atoms with E-state index in [0.29, 0.717) is 5.91 Å². The maximum atomic E-state index is 12.3. The van der Waals surface area contributed by atoms with E-state index in [1.54, 1.807) is 0 Å². The van der Waals surface area contributed by atoms with E-state index >= 15 is 0 Å². The molecule has 0 aromatic carbocycles. The van der Waals surface area contributed by atoms with Crippen LogP contribution in [0.15, 0.2) is 4.42 Å². The average Bonchev–Trinajstić information content (AvgIpc) is 3.28. The van der Waals surface area contributed by atoms with Crippen LogP contribution >= 0.6 is 0 Å². The molecule has 1 amide bonds. The molecule has 3 aliphatic rings. The Morgan fingerprint density at radius 2 is 2.04 bits per heavy atom. The first-order chi connectivity index (χ1) is 11.7. The van der Waals surface area contributed by atoms with Gasteiger partial charge in [0.15, 0.2) is 0 Å². The van der Waals surface area contributed by atoms with E-state index in [9.17, 15) is 4.79 Å². The summed E-state index contributed by atoms with van der Waals surface area (Å²) in [6, 6.07) is 0. The Bertz CT molecular complexity index is 598. The standard InChI is InChI=1S/C18H28N4O2/c1-2-15-19-20-16(24-15)11-21-9-3-7-18(12-21)8-6-17(23)22(13-18)10-14-4-5-14/h14H,2-13H2,1H3. The SMILES string of the molecule is CCc1nnc(CN2CCCC3(CCC(=O)N(CC4CC4)C3)C2)o1. The van der Waals surface area contributed by atoms with Crippen LogP contribution in [0.4, 0.5) is 0 Å². The van der Waals surface area contributed by atoms with Crippen LogP contribution in [0.5, 0.6) is 0 Å². The number of rotatable bonds is 5. The number of likely N-dealkylation sites (tertiary alicyclic amines) is 2. The van der Waals surface area contributed by atoms with Crippen molar-refractivity contribution >= 4 is 5.91 Å². The van der Waals surface area contributed by atoms with Gasteiger partial charge in [0.1, 0.15) is 0 Å². The van der Waals surface area contributed by atoms with Crippen LogP contribution < -0.4 is 0 Å². The minimum atomic E-state index is 0.272. The molecule has 1 unspecified atom stereocenters. The summed E-state index contributed by atoms with van der Waals surface area (Å²) < 4.78 is 5.68. The summed E-state index contributed by atoms with van der Waals surface area (Å²) in [5.74, 6) is 2.59. The summed E-state index contributed by atoms with van der Waals surface area (Å²) in [6.45, 7) is 6.84. The minimum absolute atomic E-state index is 0.272. The molecular weight excluding hydrogens is 304 g/mol. The molecular formula is C18H28N4O2. The van der Waals surface area contributed by atoms with Gasteiger partial charge in [-0.25, -0.2) is 0 Å². The van der Waals surface area contributed by atoms with Crippen molar-refractivity contribution in [3.8, 4) is 0 Å². The van der Waals surface area contributed by atoms with Crippen LogP contribution in [-0.2, 0) is 17.8 Å². The second-order valence-corrected chi connectivity index (χ2v) is 7.97. The van der Waals surface area contributed by atoms with Crippen LogP contribution in [0.25, 0.3) is 0 Å². The van der Waals surface area contributed by atoms with Crippen LogP contribution in [-0.4, -0.2) is 52.1 Å². The van der Waals surface area contributed by atoms with E-state index < -0.39 is 0 Å². The highest BCUT2D eigenvalue weighted by molar-refractivity contribution is 5.77. The molecule has 1 spiro atoms. The Hall–Kier alpha value is -1.43. The molecule has 132 valence electrons. The molecule has 2 saturated heterocycles. The number of amides is 1. The number of piperidine rings is 2. The zero-order chi connectivity index (χ0) is 16.6. The molecule has 1 aromatic rings. The topological polar surface area (TPSA) is 62.5 Å². The van der Waals surface area contributed by atoms with Crippen molar-refractivity contribution < 1.29 is 9.21 Å². The Morgan fingerprint density at radius 1 is 1.21 bits per heavy atom. The Balaban J connectivity index is 1.40. The molecule has 1 aliphatic carbocycles. The third-order valence-electron chi connectivity index (χ3n) is 5.83. The highest BCUT2D eigenvalue weighted by atomic mass is 16.4. The highest BCUT2D eigenvalue weighted by Crippen LogP contribution is 2.40. The molecule has 0 bridgehead atoms. The van der Waals surface area contributed by atoms with Crippen LogP contribution in [0.2, 0.25) is 0 Å². The lowest BCUT2D eigenvalue weighted by Crippen LogP contribution is -2.54. The first-order valence-corrected chi connectivity index (χ1v) is 9.47. The van der Waals surface area contributed by atoms with Crippen molar-refractivity contribution in [2.45, 2.75) is 58.4 Å². The summed E-state index contributed by atoms with van der Waals surface area (Å²) in [6.07, 6.45) is 7.59. The minimum Gasteiger partial charge on any atom is -0.424 e. The van der Waals surface area contributed by atoms with E-state index in [4.69, 9.17) is 4.42 Å².